The molecule has 0 aromatic rings. The van der Waals surface area contributed by atoms with Gasteiger partial charge in [-0.2, -0.15) is 0 Å². The molecule has 0 aromatic heterocycles. The first-order chi connectivity index (χ1) is 7.62. The number of hydrogen-bond donors (Lipinski definition) is 1. The van der Waals surface area contributed by atoms with Crippen LogP contribution in [0.25, 0.3) is 0 Å². The molecule has 0 spiro atoms. The van der Waals surface area contributed by atoms with Crippen molar-refractivity contribution in [1.29, 1.82) is 0 Å². The lowest BCUT2D eigenvalue weighted by atomic mass is 10.1. The van der Waals surface area contributed by atoms with Crippen LogP contribution in [0.15, 0.2) is 0 Å². The maximum absolute atomic E-state index is 5.48. The van der Waals surface area contributed by atoms with Gasteiger partial charge in [0, 0.05) is 20.3 Å². The SMILES string of the molecule is CCCCOCCCNCCC(C)(C)OC. The van der Waals surface area contributed by atoms with Gasteiger partial charge in [-0.1, -0.05) is 13.3 Å². The molecular formula is C13H29NO2. The van der Waals surface area contributed by atoms with E-state index in [0.717, 1.165) is 39.1 Å². The van der Waals surface area contributed by atoms with Gasteiger partial charge >= 0.3 is 0 Å². The first-order valence-corrected chi connectivity index (χ1v) is 6.46. The molecule has 0 radical (unpaired) electrons. The summed E-state index contributed by atoms with van der Waals surface area (Å²) < 4.78 is 10.8. The average Bonchev–Trinajstić information content (AvgIpc) is 2.27. The molecule has 0 rings (SSSR count). The Morgan fingerprint density at radius 1 is 1.06 bits per heavy atom. The minimum atomic E-state index is -0.00930. The predicted molar refractivity (Wildman–Crippen MR) is 68.9 cm³/mol. The summed E-state index contributed by atoms with van der Waals surface area (Å²) in [5.41, 5.74) is -0.00930. The van der Waals surface area contributed by atoms with Gasteiger partial charge in [-0.05, 0) is 46.2 Å². The van der Waals surface area contributed by atoms with Gasteiger partial charge in [-0.15, -0.1) is 0 Å². The Kier molecular flexibility index (Phi) is 9.99. The van der Waals surface area contributed by atoms with Crippen molar-refractivity contribution in [2.75, 3.05) is 33.4 Å². The Morgan fingerprint density at radius 2 is 1.75 bits per heavy atom. The molecule has 0 amide bonds. The van der Waals surface area contributed by atoms with Crippen molar-refractivity contribution in [2.24, 2.45) is 0 Å². The standard InChI is InChI=1S/C13H29NO2/c1-5-6-11-16-12-7-9-14-10-8-13(2,3)15-4/h14H,5-12H2,1-4H3. The van der Waals surface area contributed by atoms with E-state index in [0.29, 0.717) is 0 Å². The lowest BCUT2D eigenvalue weighted by molar-refractivity contribution is 0.0158. The van der Waals surface area contributed by atoms with Crippen LogP contribution in [0.5, 0.6) is 0 Å². The van der Waals surface area contributed by atoms with Crippen LogP contribution < -0.4 is 5.32 Å². The molecule has 0 unspecified atom stereocenters. The molecule has 0 atom stereocenters. The van der Waals surface area contributed by atoms with Crippen LogP contribution in [0.2, 0.25) is 0 Å². The zero-order valence-electron chi connectivity index (χ0n) is 11.5. The Hall–Kier alpha value is -0.120. The summed E-state index contributed by atoms with van der Waals surface area (Å²) in [7, 11) is 1.77. The van der Waals surface area contributed by atoms with E-state index in [-0.39, 0.29) is 5.60 Å². The van der Waals surface area contributed by atoms with E-state index < -0.39 is 0 Å². The molecule has 0 saturated heterocycles. The van der Waals surface area contributed by atoms with Gasteiger partial charge in [0.1, 0.15) is 0 Å². The second-order valence-electron chi connectivity index (χ2n) is 4.78. The number of unbranched alkanes of at least 4 members (excludes halogenated alkanes) is 1. The topological polar surface area (TPSA) is 30.5 Å². The van der Waals surface area contributed by atoms with Crippen molar-refractivity contribution < 1.29 is 9.47 Å². The Labute approximate surface area is 101 Å². The average molecular weight is 231 g/mol. The van der Waals surface area contributed by atoms with Gasteiger partial charge in [-0.3, -0.25) is 0 Å². The molecule has 1 N–H and O–H groups in total. The quantitative estimate of drug-likeness (QED) is 0.554. The summed E-state index contributed by atoms with van der Waals surface area (Å²) in [5, 5.41) is 3.41. The molecule has 0 bridgehead atoms. The lowest BCUT2D eigenvalue weighted by Gasteiger charge is -2.22. The Balaban J connectivity index is 3.10. The third kappa shape index (κ3) is 10.4. The molecule has 0 heterocycles. The minimum Gasteiger partial charge on any atom is -0.381 e. The highest BCUT2D eigenvalue weighted by Gasteiger charge is 2.14. The van der Waals surface area contributed by atoms with E-state index in [9.17, 15) is 0 Å². The first kappa shape index (κ1) is 15.9. The summed E-state index contributed by atoms with van der Waals surface area (Å²) >= 11 is 0. The minimum absolute atomic E-state index is 0.00930. The van der Waals surface area contributed by atoms with Crippen molar-refractivity contribution in [3.8, 4) is 0 Å². The van der Waals surface area contributed by atoms with Gasteiger partial charge in [0.2, 0.25) is 0 Å². The van der Waals surface area contributed by atoms with E-state index in [2.05, 4.69) is 26.1 Å². The smallest absolute Gasteiger partial charge is 0.0634 e. The Morgan fingerprint density at radius 3 is 2.38 bits per heavy atom. The van der Waals surface area contributed by atoms with Crippen LogP contribution in [0.4, 0.5) is 0 Å². The van der Waals surface area contributed by atoms with Crippen LogP contribution in [0.1, 0.15) is 46.5 Å². The normalized spacial score (nSPS) is 12.0. The second kappa shape index (κ2) is 10.1. The molecule has 0 aromatic carbocycles. The van der Waals surface area contributed by atoms with Crippen LogP contribution >= 0.6 is 0 Å². The van der Waals surface area contributed by atoms with E-state index in [1.165, 1.54) is 12.8 Å². The van der Waals surface area contributed by atoms with E-state index in [4.69, 9.17) is 9.47 Å². The number of methoxy groups -OCH3 is 1. The van der Waals surface area contributed by atoms with E-state index in [1.807, 2.05) is 0 Å². The summed E-state index contributed by atoms with van der Waals surface area (Å²) in [5.74, 6) is 0. The monoisotopic (exact) mass is 231 g/mol. The van der Waals surface area contributed by atoms with Gasteiger partial charge in [0.15, 0.2) is 0 Å². The molecule has 98 valence electrons. The van der Waals surface area contributed by atoms with Crippen molar-refractivity contribution in [3.63, 3.8) is 0 Å². The van der Waals surface area contributed by atoms with Crippen LogP contribution in [0.3, 0.4) is 0 Å². The number of rotatable bonds is 11. The largest absolute Gasteiger partial charge is 0.381 e. The fourth-order valence-electron chi connectivity index (χ4n) is 1.26. The highest BCUT2D eigenvalue weighted by atomic mass is 16.5. The predicted octanol–water partition coefficient (Wildman–Crippen LogP) is 2.60. The molecule has 0 saturated carbocycles. The van der Waals surface area contributed by atoms with Gasteiger partial charge < -0.3 is 14.8 Å². The molecule has 3 heteroatoms. The zero-order chi connectivity index (χ0) is 12.3. The highest BCUT2D eigenvalue weighted by molar-refractivity contribution is 4.68. The fraction of sp³-hybridized carbons (Fsp3) is 1.00. The maximum atomic E-state index is 5.48. The van der Waals surface area contributed by atoms with Crippen LogP contribution in [-0.2, 0) is 9.47 Å². The number of ether oxygens (including phenoxy) is 2. The molecule has 0 fully saturated rings. The zero-order valence-corrected chi connectivity index (χ0v) is 11.5. The van der Waals surface area contributed by atoms with Crippen molar-refractivity contribution >= 4 is 0 Å². The molecule has 0 aliphatic carbocycles. The summed E-state index contributed by atoms with van der Waals surface area (Å²) in [6.45, 7) is 10.2. The summed E-state index contributed by atoms with van der Waals surface area (Å²) in [4.78, 5) is 0. The lowest BCUT2D eigenvalue weighted by Crippen LogP contribution is -2.29. The maximum Gasteiger partial charge on any atom is 0.0634 e. The number of hydrogen-bond acceptors (Lipinski definition) is 3. The molecule has 0 aliphatic rings. The van der Waals surface area contributed by atoms with Crippen molar-refractivity contribution in [1.82, 2.24) is 5.32 Å². The molecule has 0 aliphatic heterocycles. The van der Waals surface area contributed by atoms with Gasteiger partial charge in [-0.25, -0.2) is 0 Å². The Bertz CT molecular complexity index is 149. The van der Waals surface area contributed by atoms with Crippen molar-refractivity contribution in [3.05, 3.63) is 0 Å². The van der Waals surface area contributed by atoms with Crippen LogP contribution in [0, 0.1) is 0 Å². The third-order valence-electron chi connectivity index (χ3n) is 2.74. The van der Waals surface area contributed by atoms with Gasteiger partial charge in [0.05, 0.1) is 5.60 Å². The first-order valence-electron chi connectivity index (χ1n) is 6.46. The van der Waals surface area contributed by atoms with Gasteiger partial charge in [0.25, 0.3) is 0 Å². The van der Waals surface area contributed by atoms with Crippen molar-refractivity contribution in [2.45, 2.75) is 52.1 Å². The molecule has 16 heavy (non-hydrogen) atoms. The van der Waals surface area contributed by atoms with Crippen LogP contribution in [-0.4, -0.2) is 39.0 Å². The van der Waals surface area contributed by atoms with E-state index in [1.54, 1.807) is 7.11 Å². The van der Waals surface area contributed by atoms with E-state index >= 15 is 0 Å². The number of nitrogens with one attached hydrogen (secondary N) is 1. The fourth-order valence-corrected chi connectivity index (χ4v) is 1.26. The second-order valence-corrected chi connectivity index (χ2v) is 4.78. The third-order valence-corrected chi connectivity index (χ3v) is 2.74. The summed E-state index contributed by atoms with van der Waals surface area (Å²) in [6, 6.07) is 0. The highest BCUT2D eigenvalue weighted by Crippen LogP contribution is 2.11. The summed E-state index contributed by atoms with van der Waals surface area (Å²) in [6.07, 6.45) is 4.52. The molecule has 3 nitrogen and oxygen atoms in total. The molecular weight excluding hydrogens is 202 g/mol.